The molecule has 22 heavy (non-hydrogen) atoms. The standard InChI is InChI=1S/C17H22N4O/c1-14-7-8-15-5-2-3-6-16(15)21(14)17(22)13-18-10-12-20-11-4-9-19-20/h2-6,9,11,14,18H,7-8,10,12-13H2,1H3. The van der Waals surface area contributed by atoms with Crippen molar-refractivity contribution >= 4 is 11.6 Å². The summed E-state index contributed by atoms with van der Waals surface area (Å²) < 4.78 is 1.86. The molecular formula is C17H22N4O. The van der Waals surface area contributed by atoms with Crippen LogP contribution < -0.4 is 10.2 Å². The highest BCUT2D eigenvalue weighted by atomic mass is 16.2. The number of aromatic nitrogens is 2. The van der Waals surface area contributed by atoms with E-state index in [4.69, 9.17) is 0 Å². The van der Waals surface area contributed by atoms with Crippen LogP contribution in [0.5, 0.6) is 0 Å². The molecule has 1 aromatic heterocycles. The predicted octanol–water partition coefficient (Wildman–Crippen LogP) is 1.84. The van der Waals surface area contributed by atoms with Crippen LogP contribution in [0.3, 0.4) is 0 Å². The first-order chi connectivity index (χ1) is 10.8. The van der Waals surface area contributed by atoms with Crippen molar-refractivity contribution < 1.29 is 4.79 Å². The zero-order chi connectivity index (χ0) is 15.4. The van der Waals surface area contributed by atoms with E-state index in [0.29, 0.717) is 6.54 Å². The van der Waals surface area contributed by atoms with Gasteiger partial charge < -0.3 is 10.2 Å². The Balaban J connectivity index is 1.57. The van der Waals surface area contributed by atoms with E-state index in [1.165, 1.54) is 5.56 Å². The Kier molecular flexibility index (Phi) is 4.53. The molecule has 0 saturated heterocycles. The number of amides is 1. The van der Waals surface area contributed by atoms with Crippen LogP contribution >= 0.6 is 0 Å². The maximum Gasteiger partial charge on any atom is 0.241 e. The van der Waals surface area contributed by atoms with Gasteiger partial charge in [0.1, 0.15) is 0 Å². The van der Waals surface area contributed by atoms with Crippen LogP contribution in [-0.2, 0) is 17.8 Å². The van der Waals surface area contributed by atoms with Gasteiger partial charge in [-0.2, -0.15) is 5.10 Å². The van der Waals surface area contributed by atoms with E-state index in [1.807, 2.05) is 40.0 Å². The predicted molar refractivity (Wildman–Crippen MR) is 86.8 cm³/mol. The molecule has 1 unspecified atom stereocenters. The third-order valence-electron chi connectivity index (χ3n) is 4.15. The second-order valence-electron chi connectivity index (χ2n) is 5.73. The Bertz CT molecular complexity index is 623. The zero-order valence-electron chi connectivity index (χ0n) is 12.9. The third kappa shape index (κ3) is 3.20. The second-order valence-corrected chi connectivity index (χ2v) is 5.73. The van der Waals surface area contributed by atoms with Gasteiger partial charge in [-0.05, 0) is 37.5 Å². The molecule has 0 spiro atoms. The lowest BCUT2D eigenvalue weighted by atomic mass is 9.96. The first-order valence-electron chi connectivity index (χ1n) is 7.84. The summed E-state index contributed by atoms with van der Waals surface area (Å²) in [5.41, 5.74) is 2.34. The van der Waals surface area contributed by atoms with Crippen molar-refractivity contribution in [2.24, 2.45) is 0 Å². The van der Waals surface area contributed by atoms with Crippen molar-refractivity contribution in [2.45, 2.75) is 32.4 Å². The number of nitrogens with one attached hydrogen (secondary N) is 1. The fourth-order valence-electron chi connectivity index (χ4n) is 2.98. The summed E-state index contributed by atoms with van der Waals surface area (Å²) >= 11 is 0. The molecule has 5 heteroatoms. The topological polar surface area (TPSA) is 50.2 Å². The molecule has 116 valence electrons. The van der Waals surface area contributed by atoms with E-state index in [-0.39, 0.29) is 11.9 Å². The van der Waals surface area contributed by atoms with Gasteiger partial charge in [-0.15, -0.1) is 0 Å². The highest BCUT2D eigenvalue weighted by Crippen LogP contribution is 2.30. The first-order valence-corrected chi connectivity index (χ1v) is 7.84. The summed E-state index contributed by atoms with van der Waals surface area (Å²) in [4.78, 5) is 14.5. The molecule has 1 aliphatic rings. The molecule has 3 rings (SSSR count). The molecule has 0 radical (unpaired) electrons. The zero-order valence-corrected chi connectivity index (χ0v) is 12.9. The highest BCUT2D eigenvalue weighted by molar-refractivity contribution is 5.96. The van der Waals surface area contributed by atoms with Gasteiger partial charge in [0.2, 0.25) is 5.91 Å². The molecule has 1 N–H and O–H groups in total. The van der Waals surface area contributed by atoms with Crippen LogP contribution in [0, 0.1) is 0 Å². The highest BCUT2D eigenvalue weighted by Gasteiger charge is 2.27. The summed E-state index contributed by atoms with van der Waals surface area (Å²) in [7, 11) is 0. The van der Waals surface area contributed by atoms with E-state index in [2.05, 4.69) is 23.4 Å². The minimum atomic E-state index is 0.139. The molecular weight excluding hydrogens is 276 g/mol. The van der Waals surface area contributed by atoms with Crippen LogP contribution in [0.2, 0.25) is 0 Å². The molecule has 0 fully saturated rings. The van der Waals surface area contributed by atoms with Gasteiger partial charge in [0.25, 0.3) is 0 Å². The van der Waals surface area contributed by atoms with Crippen molar-refractivity contribution in [2.75, 3.05) is 18.0 Å². The molecule has 1 atom stereocenters. The van der Waals surface area contributed by atoms with Gasteiger partial charge >= 0.3 is 0 Å². The number of nitrogens with zero attached hydrogens (tertiary/aromatic N) is 3. The van der Waals surface area contributed by atoms with E-state index in [1.54, 1.807) is 6.20 Å². The van der Waals surface area contributed by atoms with E-state index in [0.717, 1.165) is 31.6 Å². The number of hydrogen-bond donors (Lipinski definition) is 1. The molecule has 0 saturated carbocycles. The van der Waals surface area contributed by atoms with E-state index < -0.39 is 0 Å². The number of rotatable bonds is 5. The van der Waals surface area contributed by atoms with Crippen LogP contribution in [0.4, 0.5) is 5.69 Å². The van der Waals surface area contributed by atoms with Crippen LogP contribution in [0.1, 0.15) is 18.9 Å². The molecule has 0 aliphatic carbocycles. The number of benzene rings is 1. The first kappa shape index (κ1) is 14.8. The van der Waals surface area contributed by atoms with Crippen molar-refractivity contribution in [3.63, 3.8) is 0 Å². The van der Waals surface area contributed by atoms with Crippen LogP contribution in [-0.4, -0.2) is 34.8 Å². The fraction of sp³-hybridized carbons (Fsp3) is 0.412. The lowest BCUT2D eigenvalue weighted by Gasteiger charge is -2.35. The third-order valence-corrected chi connectivity index (χ3v) is 4.15. The molecule has 1 aromatic carbocycles. The molecule has 5 nitrogen and oxygen atoms in total. The number of para-hydroxylation sites is 1. The summed E-state index contributed by atoms with van der Waals surface area (Å²) in [5, 5.41) is 7.37. The molecule has 1 amide bonds. The molecule has 1 aliphatic heterocycles. The normalized spacial score (nSPS) is 17.3. The van der Waals surface area contributed by atoms with Crippen molar-refractivity contribution in [3.05, 3.63) is 48.3 Å². The number of fused-ring (bicyclic) bond motifs is 1. The molecule has 2 aromatic rings. The second kappa shape index (κ2) is 6.75. The van der Waals surface area contributed by atoms with Gasteiger partial charge in [-0.3, -0.25) is 9.48 Å². The number of carbonyl (C=O) groups is 1. The Labute approximate surface area is 130 Å². The molecule has 0 bridgehead atoms. The van der Waals surface area contributed by atoms with E-state index in [9.17, 15) is 4.79 Å². The van der Waals surface area contributed by atoms with Gasteiger partial charge in [0, 0.05) is 30.7 Å². The maximum absolute atomic E-state index is 12.6. The van der Waals surface area contributed by atoms with Crippen LogP contribution in [0.25, 0.3) is 0 Å². The van der Waals surface area contributed by atoms with Crippen molar-refractivity contribution in [3.8, 4) is 0 Å². The average molecular weight is 298 g/mol. The smallest absolute Gasteiger partial charge is 0.241 e. The number of hydrogen-bond acceptors (Lipinski definition) is 3. The van der Waals surface area contributed by atoms with Gasteiger partial charge in [-0.25, -0.2) is 0 Å². The van der Waals surface area contributed by atoms with Crippen molar-refractivity contribution in [1.29, 1.82) is 0 Å². The Hall–Kier alpha value is -2.14. The summed E-state index contributed by atoms with van der Waals surface area (Å²) in [6, 6.07) is 10.4. The quantitative estimate of drug-likeness (QED) is 0.857. The Morgan fingerprint density at radius 1 is 1.36 bits per heavy atom. The SMILES string of the molecule is CC1CCc2ccccc2N1C(=O)CNCCn1cccn1. The Morgan fingerprint density at radius 2 is 2.23 bits per heavy atom. The number of anilines is 1. The summed E-state index contributed by atoms with van der Waals surface area (Å²) in [6.45, 7) is 3.99. The maximum atomic E-state index is 12.6. The lowest BCUT2D eigenvalue weighted by molar-refractivity contribution is -0.118. The fourth-order valence-corrected chi connectivity index (χ4v) is 2.98. The van der Waals surface area contributed by atoms with Crippen molar-refractivity contribution in [1.82, 2.24) is 15.1 Å². The largest absolute Gasteiger partial charge is 0.308 e. The minimum Gasteiger partial charge on any atom is -0.308 e. The molecule has 2 heterocycles. The average Bonchev–Trinajstić information content (AvgIpc) is 3.04. The van der Waals surface area contributed by atoms with Crippen LogP contribution in [0.15, 0.2) is 42.7 Å². The van der Waals surface area contributed by atoms with E-state index >= 15 is 0 Å². The van der Waals surface area contributed by atoms with Gasteiger partial charge in [0.15, 0.2) is 0 Å². The van der Waals surface area contributed by atoms with Gasteiger partial charge in [0.05, 0.1) is 13.1 Å². The number of carbonyl (C=O) groups excluding carboxylic acids is 1. The monoisotopic (exact) mass is 298 g/mol. The summed E-state index contributed by atoms with van der Waals surface area (Å²) in [6.07, 6.45) is 5.76. The lowest BCUT2D eigenvalue weighted by Crippen LogP contribution is -2.46. The number of aryl methyl sites for hydroxylation is 1. The summed E-state index contributed by atoms with van der Waals surface area (Å²) in [5.74, 6) is 0.139. The minimum absolute atomic E-state index is 0.139. The Morgan fingerprint density at radius 3 is 3.05 bits per heavy atom. The van der Waals surface area contributed by atoms with Gasteiger partial charge in [-0.1, -0.05) is 18.2 Å².